The molecule has 0 spiro atoms. The Bertz CT molecular complexity index is 54.9. The van der Waals surface area contributed by atoms with E-state index in [4.69, 9.17) is 0 Å². The zero-order chi connectivity index (χ0) is 4.99. The van der Waals surface area contributed by atoms with Gasteiger partial charge < -0.3 is 11.0 Å². The van der Waals surface area contributed by atoms with Crippen LogP contribution in [0.3, 0.4) is 0 Å². The van der Waals surface area contributed by atoms with Crippen LogP contribution in [-0.2, 0) is 4.84 Å². The lowest BCUT2D eigenvalue weighted by Gasteiger charge is -1.83. The molecular formula is C2H8N2O3. The summed E-state index contributed by atoms with van der Waals surface area (Å²) in [5.41, 5.74) is 0. The van der Waals surface area contributed by atoms with E-state index in [1.165, 1.54) is 0 Å². The van der Waals surface area contributed by atoms with E-state index in [1.54, 1.807) is 6.92 Å². The molecule has 0 fully saturated rings. The molecule has 0 atom stereocenters. The van der Waals surface area contributed by atoms with Gasteiger partial charge in [0.2, 0.25) is 0 Å². The van der Waals surface area contributed by atoms with Crippen LogP contribution in [0.25, 0.3) is 0 Å². The lowest BCUT2D eigenvalue weighted by atomic mass is 10.9. The third kappa shape index (κ3) is 11.0. The minimum absolute atomic E-state index is 0. The molecule has 44 valence electrons. The van der Waals surface area contributed by atoms with E-state index >= 15 is 0 Å². The van der Waals surface area contributed by atoms with Crippen LogP contribution in [0.4, 0.5) is 0 Å². The number of hydrogen-bond acceptors (Lipinski definition) is 4. The zero-order valence-corrected chi connectivity index (χ0v) is 4.09. The van der Waals surface area contributed by atoms with Crippen LogP contribution >= 0.6 is 0 Å². The van der Waals surface area contributed by atoms with E-state index in [0.717, 1.165) is 0 Å². The molecule has 3 N–H and O–H groups in total. The van der Waals surface area contributed by atoms with Gasteiger partial charge in [0.15, 0.2) is 0 Å². The van der Waals surface area contributed by atoms with E-state index in [1.807, 2.05) is 0 Å². The van der Waals surface area contributed by atoms with Crippen LogP contribution < -0.4 is 6.15 Å². The van der Waals surface area contributed by atoms with Crippen molar-refractivity contribution in [2.45, 2.75) is 6.92 Å². The fourth-order valence-electron chi connectivity index (χ4n) is 0.105. The van der Waals surface area contributed by atoms with Gasteiger partial charge in [-0.15, -0.1) is 10.1 Å². The van der Waals surface area contributed by atoms with Crippen molar-refractivity contribution in [2.24, 2.45) is 0 Å². The molecule has 0 aromatic heterocycles. The molecule has 0 unspecified atom stereocenters. The van der Waals surface area contributed by atoms with Crippen molar-refractivity contribution in [1.29, 1.82) is 0 Å². The molecule has 0 aromatic carbocycles. The largest absolute Gasteiger partial charge is 0.344 e. The van der Waals surface area contributed by atoms with Crippen molar-refractivity contribution >= 4 is 0 Å². The predicted molar refractivity (Wildman–Crippen MR) is 23.6 cm³/mol. The summed E-state index contributed by atoms with van der Waals surface area (Å²) in [7, 11) is 0. The second kappa shape index (κ2) is 5.16. The fraction of sp³-hybridized carbons (Fsp3) is 1.00. The quantitative estimate of drug-likeness (QED) is 0.409. The smallest absolute Gasteiger partial charge is 0.294 e. The number of rotatable bonds is 2. The highest BCUT2D eigenvalue weighted by atomic mass is 16.9. The van der Waals surface area contributed by atoms with Crippen LogP contribution in [0, 0.1) is 10.1 Å². The van der Waals surface area contributed by atoms with Gasteiger partial charge in [-0.25, -0.2) is 0 Å². The van der Waals surface area contributed by atoms with Crippen molar-refractivity contribution in [2.75, 3.05) is 6.61 Å². The van der Waals surface area contributed by atoms with E-state index in [9.17, 15) is 10.1 Å². The second-order valence-corrected chi connectivity index (χ2v) is 0.641. The maximum absolute atomic E-state index is 9.18. The molecule has 0 aliphatic rings. The Kier molecular flexibility index (Phi) is 6.99. The summed E-state index contributed by atoms with van der Waals surface area (Å²) >= 11 is 0. The molecule has 0 amide bonds. The monoisotopic (exact) mass is 108 g/mol. The van der Waals surface area contributed by atoms with Crippen LogP contribution in [0.1, 0.15) is 6.92 Å². The molecule has 5 nitrogen and oxygen atoms in total. The molecule has 0 radical (unpaired) electrons. The van der Waals surface area contributed by atoms with Crippen LogP contribution in [0.2, 0.25) is 0 Å². The first-order chi connectivity index (χ1) is 2.77. The Morgan fingerprint density at radius 1 is 1.86 bits per heavy atom. The molecular weight excluding hydrogens is 100 g/mol. The maximum atomic E-state index is 9.18. The van der Waals surface area contributed by atoms with Gasteiger partial charge in [-0.2, -0.15) is 0 Å². The van der Waals surface area contributed by atoms with Gasteiger partial charge in [0, 0.05) is 0 Å². The Balaban J connectivity index is 0. The Labute approximate surface area is 41.0 Å². The van der Waals surface area contributed by atoms with Crippen molar-refractivity contribution in [3.63, 3.8) is 0 Å². The van der Waals surface area contributed by atoms with Gasteiger partial charge in [0.1, 0.15) is 0 Å². The molecule has 0 saturated carbocycles. The molecule has 0 aliphatic heterocycles. The highest BCUT2D eigenvalue weighted by Crippen LogP contribution is 1.67. The Morgan fingerprint density at radius 3 is 2.29 bits per heavy atom. The first-order valence-corrected chi connectivity index (χ1v) is 1.54. The standard InChI is InChI=1S/C2H5NO3.H3N/c1-2-6-3(4)5;/h2H2,1H3;1H3. The third-order valence-corrected chi connectivity index (χ3v) is 0.235. The van der Waals surface area contributed by atoms with Gasteiger partial charge in [-0.3, -0.25) is 0 Å². The van der Waals surface area contributed by atoms with E-state index in [2.05, 4.69) is 4.84 Å². The lowest BCUT2D eigenvalue weighted by molar-refractivity contribution is -0.756. The minimum Gasteiger partial charge on any atom is -0.344 e. The van der Waals surface area contributed by atoms with Crippen LogP contribution in [0.15, 0.2) is 0 Å². The van der Waals surface area contributed by atoms with Gasteiger partial charge in [0.25, 0.3) is 5.09 Å². The van der Waals surface area contributed by atoms with Crippen molar-refractivity contribution in [1.82, 2.24) is 6.15 Å². The molecule has 0 heterocycles. The third-order valence-electron chi connectivity index (χ3n) is 0.235. The summed E-state index contributed by atoms with van der Waals surface area (Å²) < 4.78 is 0. The highest BCUT2D eigenvalue weighted by molar-refractivity contribution is 3.95. The van der Waals surface area contributed by atoms with Gasteiger partial charge in [-0.1, -0.05) is 0 Å². The molecule has 0 aliphatic carbocycles. The maximum Gasteiger partial charge on any atom is 0.294 e. The van der Waals surface area contributed by atoms with Crippen LogP contribution in [-0.4, -0.2) is 11.7 Å². The van der Waals surface area contributed by atoms with Crippen LogP contribution in [0.5, 0.6) is 0 Å². The first kappa shape index (κ1) is 9.48. The molecule has 5 heteroatoms. The molecule has 0 aromatic rings. The average molecular weight is 108 g/mol. The Hall–Kier alpha value is -0.840. The summed E-state index contributed by atoms with van der Waals surface area (Å²) in [5, 5.41) is 8.36. The average Bonchev–Trinajstić information content (AvgIpc) is 1.35. The molecule has 0 saturated heterocycles. The summed E-state index contributed by atoms with van der Waals surface area (Å²) in [5.74, 6) is 0. The van der Waals surface area contributed by atoms with E-state index in [-0.39, 0.29) is 12.8 Å². The SMILES string of the molecule is CCO[N+](=O)[O-].N. The van der Waals surface area contributed by atoms with Gasteiger partial charge in [-0.05, 0) is 6.92 Å². The van der Waals surface area contributed by atoms with Gasteiger partial charge in [0.05, 0.1) is 6.61 Å². The summed E-state index contributed by atoms with van der Waals surface area (Å²) in [6.45, 7) is 1.69. The molecule has 0 bridgehead atoms. The Morgan fingerprint density at radius 2 is 2.29 bits per heavy atom. The van der Waals surface area contributed by atoms with Gasteiger partial charge >= 0.3 is 0 Å². The van der Waals surface area contributed by atoms with E-state index in [0.29, 0.717) is 0 Å². The summed E-state index contributed by atoms with van der Waals surface area (Å²) in [4.78, 5) is 12.9. The molecule has 0 rings (SSSR count). The predicted octanol–water partition coefficient (Wildman–Crippen LogP) is 0.377. The topological polar surface area (TPSA) is 87.4 Å². The normalized spacial score (nSPS) is 6.43. The highest BCUT2D eigenvalue weighted by Gasteiger charge is 1.83. The molecule has 7 heavy (non-hydrogen) atoms. The number of nitrogens with zero attached hydrogens (tertiary/aromatic N) is 1. The van der Waals surface area contributed by atoms with Crippen molar-refractivity contribution < 1.29 is 9.92 Å². The second-order valence-electron chi connectivity index (χ2n) is 0.641. The fourth-order valence-corrected chi connectivity index (χ4v) is 0.105. The minimum atomic E-state index is -0.819. The van der Waals surface area contributed by atoms with Crippen molar-refractivity contribution in [3.8, 4) is 0 Å². The zero-order valence-electron chi connectivity index (χ0n) is 4.09. The van der Waals surface area contributed by atoms with E-state index < -0.39 is 5.09 Å². The number of hydrogen-bond donors (Lipinski definition) is 1. The first-order valence-electron chi connectivity index (χ1n) is 1.54. The summed E-state index contributed by atoms with van der Waals surface area (Å²) in [6, 6.07) is 0. The summed E-state index contributed by atoms with van der Waals surface area (Å²) in [6.07, 6.45) is 0. The lowest BCUT2D eigenvalue weighted by Crippen LogP contribution is -1.97. The van der Waals surface area contributed by atoms with Crippen molar-refractivity contribution in [3.05, 3.63) is 10.1 Å².